The van der Waals surface area contributed by atoms with E-state index in [0.29, 0.717) is 26.1 Å². The van der Waals surface area contributed by atoms with Crippen molar-refractivity contribution in [3.63, 3.8) is 0 Å². The van der Waals surface area contributed by atoms with Gasteiger partial charge in [0.25, 0.3) is 0 Å². The van der Waals surface area contributed by atoms with Crippen molar-refractivity contribution in [1.29, 1.82) is 0 Å². The van der Waals surface area contributed by atoms with Crippen LogP contribution in [0.15, 0.2) is 0 Å². The summed E-state index contributed by atoms with van der Waals surface area (Å²) in [6.45, 7) is 4.79. The lowest BCUT2D eigenvalue weighted by Gasteiger charge is -2.16. The lowest BCUT2D eigenvalue weighted by atomic mass is 10.1. The van der Waals surface area contributed by atoms with E-state index in [1.807, 2.05) is 0 Å². The summed E-state index contributed by atoms with van der Waals surface area (Å²) in [5, 5.41) is 5.30. The summed E-state index contributed by atoms with van der Waals surface area (Å²) in [6, 6.07) is -0.542. The predicted octanol–water partition coefficient (Wildman–Crippen LogP) is -0.761. The molecule has 0 aliphatic rings. The van der Waals surface area contributed by atoms with Gasteiger partial charge in [-0.2, -0.15) is 0 Å². The van der Waals surface area contributed by atoms with Crippen LogP contribution in [0, 0.1) is 5.92 Å². The number of amides is 2. The Bertz CT molecular complexity index is 246. The molecule has 17 heavy (non-hydrogen) atoms. The van der Waals surface area contributed by atoms with E-state index in [-0.39, 0.29) is 17.7 Å². The van der Waals surface area contributed by atoms with Crippen LogP contribution in [0.25, 0.3) is 0 Å². The van der Waals surface area contributed by atoms with Gasteiger partial charge in [-0.3, -0.25) is 9.59 Å². The fourth-order valence-electron chi connectivity index (χ4n) is 1.23. The third-order valence-corrected chi connectivity index (χ3v) is 2.40. The molecule has 2 atom stereocenters. The molecule has 2 unspecified atom stereocenters. The van der Waals surface area contributed by atoms with Gasteiger partial charge in [-0.15, -0.1) is 0 Å². The molecule has 2 amide bonds. The Labute approximate surface area is 102 Å². The Morgan fingerprint density at radius 1 is 1.29 bits per heavy atom. The molecule has 0 aliphatic carbocycles. The first-order chi connectivity index (χ1) is 8.02. The fourth-order valence-corrected chi connectivity index (χ4v) is 1.23. The summed E-state index contributed by atoms with van der Waals surface area (Å²) >= 11 is 0. The van der Waals surface area contributed by atoms with Crippen LogP contribution in [0.1, 0.15) is 20.3 Å². The minimum atomic E-state index is -0.542. The van der Waals surface area contributed by atoms with Crippen LogP contribution in [-0.4, -0.2) is 44.7 Å². The van der Waals surface area contributed by atoms with E-state index in [2.05, 4.69) is 10.6 Å². The quantitative estimate of drug-likeness (QED) is 0.490. The molecule has 4 N–H and O–H groups in total. The summed E-state index contributed by atoms with van der Waals surface area (Å²) in [7, 11) is 1.56. The summed E-state index contributed by atoms with van der Waals surface area (Å²) in [6.07, 6.45) is 0.615. The largest absolute Gasteiger partial charge is 0.383 e. The zero-order valence-corrected chi connectivity index (χ0v) is 10.8. The van der Waals surface area contributed by atoms with Gasteiger partial charge >= 0.3 is 0 Å². The molecule has 0 radical (unpaired) electrons. The van der Waals surface area contributed by atoms with Crippen LogP contribution >= 0.6 is 0 Å². The highest BCUT2D eigenvalue weighted by molar-refractivity contribution is 5.87. The molecular formula is C11H23N3O3. The number of carbonyl (C=O) groups is 2. The first-order valence-electron chi connectivity index (χ1n) is 5.80. The van der Waals surface area contributed by atoms with E-state index < -0.39 is 6.04 Å². The second kappa shape index (κ2) is 8.95. The highest BCUT2D eigenvalue weighted by Gasteiger charge is 2.18. The Hall–Kier alpha value is -1.14. The zero-order chi connectivity index (χ0) is 13.3. The van der Waals surface area contributed by atoms with E-state index in [1.54, 1.807) is 21.0 Å². The monoisotopic (exact) mass is 245 g/mol. The molecule has 0 saturated heterocycles. The van der Waals surface area contributed by atoms with E-state index in [0.717, 1.165) is 0 Å². The van der Waals surface area contributed by atoms with Gasteiger partial charge in [0.1, 0.15) is 6.04 Å². The normalized spacial score (nSPS) is 13.9. The van der Waals surface area contributed by atoms with Gasteiger partial charge in [-0.1, -0.05) is 6.92 Å². The summed E-state index contributed by atoms with van der Waals surface area (Å²) in [4.78, 5) is 23.1. The average molecular weight is 245 g/mol. The summed E-state index contributed by atoms with van der Waals surface area (Å²) < 4.78 is 4.81. The van der Waals surface area contributed by atoms with Crippen molar-refractivity contribution in [1.82, 2.24) is 10.6 Å². The van der Waals surface area contributed by atoms with Gasteiger partial charge in [-0.25, -0.2) is 0 Å². The maximum Gasteiger partial charge on any atom is 0.242 e. The molecule has 0 spiro atoms. The topological polar surface area (TPSA) is 93.5 Å². The van der Waals surface area contributed by atoms with Gasteiger partial charge in [0.2, 0.25) is 11.8 Å². The Morgan fingerprint density at radius 3 is 2.47 bits per heavy atom. The number of nitrogens with one attached hydrogen (secondary N) is 2. The first-order valence-corrected chi connectivity index (χ1v) is 5.80. The molecule has 0 fully saturated rings. The van der Waals surface area contributed by atoms with Gasteiger partial charge in [0, 0.05) is 19.6 Å². The van der Waals surface area contributed by atoms with E-state index in [1.165, 1.54) is 0 Å². The van der Waals surface area contributed by atoms with Gasteiger partial charge < -0.3 is 21.1 Å². The minimum absolute atomic E-state index is 0.148. The lowest BCUT2D eigenvalue weighted by molar-refractivity contribution is -0.130. The Balaban J connectivity index is 3.94. The highest BCUT2D eigenvalue weighted by Crippen LogP contribution is 2.00. The number of ether oxygens (including phenoxy) is 1. The van der Waals surface area contributed by atoms with E-state index in [9.17, 15) is 9.59 Å². The van der Waals surface area contributed by atoms with Crippen molar-refractivity contribution >= 4 is 11.8 Å². The van der Waals surface area contributed by atoms with Crippen molar-refractivity contribution in [3.8, 4) is 0 Å². The second-order valence-electron chi connectivity index (χ2n) is 3.99. The standard InChI is InChI=1S/C11H23N3O3/c1-8(4-5-12)10(15)14-9(2)11(16)13-6-7-17-3/h8-9H,4-7,12H2,1-3H3,(H,13,16)(H,14,15). The number of nitrogens with two attached hydrogens (primary N) is 1. The first kappa shape index (κ1) is 15.9. The number of hydrogen-bond acceptors (Lipinski definition) is 4. The smallest absolute Gasteiger partial charge is 0.242 e. The van der Waals surface area contributed by atoms with Crippen molar-refractivity contribution < 1.29 is 14.3 Å². The molecule has 0 aromatic carbocycles. The Morgan fingerprint density at radius 2 is 1.94 bits per heavy atom. The SMILES string of the molecule is COCCNC(=O)C(C)NC(=O)C(C)CCN. The van der Waals surface area contributed by atoms with Crippen molar-refractivity contribution in [3.05, 3.63) is 0 Å². The Kier molecular flexibility index (Phi) is 8.35. The zero-order valence-electron chi connectivity index (χ0n) is 10.8. The summed E-state index contributed by atoms with van der Waals surface area (Å²) in [5.41, 5.74) is 5.37. The molecular weight excluding hydrogens is 222 g/mol. The summed E-state index contributed by atoms with van der Waals surface area (Å²) in [5.74, 6) is -0.533. The average Bonchev–Trinajstić information content (AvgIpc) is 2.29. The van der Waals surface area contributed by atoms with Crippen LogP contribution in [0.5, 0.6) is 0 Å². The van der Waals surface area contributed by atoms with E-state index in [4.69, 9.17) is 10.5 Å². The molecule has 6 nitrogen and oxygen atoms in total. The number of rotatable bonds is 8. The predicted molar refractivity (Wildman–Crippen MR) is 65.3 cm³/mol. The third kappa shape index (κ3) is 6.91. The lowest BCUT2D eigenvalue weighted by Crippen LogP contribution is -2.47. The van der Waals surface area contributed by atoms with Crippen LogP contribution in [0.3, 0.4) is 0 Å². The molecule has 0 saturated carbocycles. The molecule has 0 heterocycles. The van der Waals surface area contributed by atoms with Gasteiger partial charge in [-0.05, 0) is 19.9 Å². The third-order valence-electron chi connectivity index (χ3n) is 2.40. The number of carbonyl (C=O) groups excluding carboxylic acids is 2. The molecule has 6 heteroatoms. The number of hydrogen-bond donors (Lipinski definition) is 3. The van der Waals surface area contributed by atoms with Crippen LogP contribution in [0.2, 0.25) is 0 Å². The van der Waals surface area contributed by atoms with Crippen molar-refractivity contribution in [2.75, 3.05) is 26.8 Å². The molecule has 0 aromatic heterocycles. The van der Waals surface area contributed by atoms with E-state index >= 15 is 0 Å². The maximum atomic E-state index is 11.6. The fraction of sp³-hybridized carbons (Fsp3) is 0.818. The van der Waals surface area contributed by atoms with Crippen LogP contribution < -0.4 is 16.4 Å². The van der Waals surface area contributed by atoms with Crippen LogP contribution in [-0.2, 0) is 14.3 Å². The van der Waals surface area contributed by atoms with Crippen LogP contribution in [0.4, 0.5) is 0 Å². The number of methoxy groups -OCH3 is 1. The van der Waals surface area contributed by atoms with Crippen molar-refractivity contribution in [2.24, 2.45) is 11.7 Å². The molecule has 0 aromatic rings. The van der Waals surface area contributed by atoms with Gasteiger partial charge in [0.15, 0.2) is 0 Å². The highest BCUT2D eigenvalue weighted by atomic mass is 16.5. The second-order valence-corrected chi connectivity index (χ2v) is 3.99. The molecule has 0 bridgehead atoms. The molecule has 0 aliphatic heterocycles. The maximum absolute atomic E-state index is 11.6. The minimum Gasteiger partial charge on any atom is -0.383 e. The molecule has 0 rings (SSSR count). The molecule has 100 valence electrons. The van der Waals surface area contributed by atoms with Crippen molar-refractivity contribution in [2.45, 2.75) is 26.3 Å². The van der Waals surface area contributed by atoms with Gasteiger partial charge in [0.05, 0.1) is 6.61 Å².